The van der Waals surface area contributed by atoms with Crippen LogP contribution in [0.5, 0.6) is 0 Å². The molecule has 0 bridgehead atoms. The molecule has 0 saturated heterocycles. The van der Waals surface area contributed by atoms with Gasteiger partial charge in [-0.1, -0.05) is 6.92 Å². The first-order valence-corrected chi connectivity index (χ1v) is 5.72. The summed E-state index contributed by atoms with van der Waals surface area (Å²) in [7, 11) is 1.32. The van der Waals surface area contributed by atoms with Crippen LogP contribution in [0.1, 0.15) is 35.9 Å². The molecule has 0 spiro atoms. The summed E-state index contributed by atoms with van der Waals surface area (Å²) in [5, 5.41) is 12.5. The van der Waals surface area contributed by atoms with Gasteiger partial charge in [-0.2, -0.15) is 0 Å². The van der Waals surface area contributed by atoms with Crippen LogP contribution in [-0.4, -0.2) is 30.8 Å². The minimum atomic E-state index is -0.472. The van der Waals surface area contributed by atoms with Gasteiger partial charge in [0.15, 0.2) is 0 Å². The Morgan fingerprint density at radius 3 is 3.06 bits per heavy atom. The first-order valence-electron chi connectivity index (χ1n) is 5.72. The second kappa shape index (κ2) is 7.09. The Morgan fingerprint density at radius 1 is 1.65 bits per heavy atom. The van der Waals surface area contributed by atoms with E-state index in [1.54, 1.807) is 6.07 Å². The first kappa shape index (κ1) is 13.7. The summed E-state index contributed by atoms with van der Waals surface area (Å²) in [5.74, 6) is -0.239. The second-order valence-electron chi connectivity index (χ2n) is 3.79. The van der Waals surface area contributed by atoms with E-state index in [0.29, 0.717) is 19.5 Å². The third kappa shape index (κ3) is 4.20. The number of aliphatic hydroxyl groups is 1. The van der Waals surface area contributed by atoms with Crippen molar-refractivity contribution in [1.29, 1.82) is 0 Å². The number of nitrogens with one attached hydrogen (secondary N) is 1. The lowest BCUT2D eigenvalue weighted by molar-refractivity contribution is 0.0563. The summed E-state index contributed by atoms with van der Waals surface area (Å²) in [6, 6.07) is 1.73. The average molecular weight is 241 g/mol. The van der Waals surface area contributed by atoms with Crippen molar-refractivity contribution >= 4 is 5.97 Å². The fourth-order valence-electron chi connectivity index (χ4n) is 1.44. The maximum absolute atomic E-state index is 11.3. The zero-order valence-corrected chi connectivity index (χ0v) is 10.2. The van der Waals surface area contributed by atoms with Crippen LogP contribution < -0.4 is 5.32 Å². The van der Waals surface area contributed by atoms with Gasteiger partial charge in [0, 0.05) is 12.1 Å². The van der Waals surface area contributed by atoms with Crippen LogP contribution in [-0.2, 0) is 11.3 Å². The molecule has 1 unspecified atom stereocenters. The zero-order valence-electron chi connectivity index (χ0n) is 10.2. The lowest BCUT2D eigenvalue weighted by Crippen LogP contribution is -2.20. The molecule has 1 heterocycles. The van der Waals surface area contributed by atoms with Crippen LogP contribution >= 0.6 is 0 Å². The minimum absolute atomic E-state index is 0.232. The lowest BCUT2D eigenvalue weighted by atomic mass is 10.2. The van der Waals surface area contributed by atoms with Gasteiger partial charge in [-0.3, -0.25) is 0 Å². The summed E-state index contributed by atoms with van der Waals surface area (Å²) in [5.41, 5.74) is 0.767. The number of ether oxygens (including phenoxy) is 1. The Morgan fingerprint density at radius 2 is 2.41 bits per heavy atom. The second-order valence-corrected chi connectivity index (χ2v) is 3.79. The molecular weight excluding hydrogens is 222 g/mol. The molecule has 1 atom stereocenters. The van der Waals surface area contributed by atoms with Gasteiger partial charge < -0.3 is 19.6 Å². The predicted octanol–water partition coefficient (Wildman–Crippen LogP) is 1.32. The normalized spacial score (nSPS) is 12.4. The highest BCUT2D eigenvalue weighted by atomic mass is 16.5. The van der Waals surface area contributed by atoms with Gasteiger partial charge in [-0.15, -0.1) is 0 Å². The molecule has 0 radical (unpaired) electrons. The van der Waals surface area contributed by atoms with Gasteiger partial charge in [0.25, 0.3) is 0 Å². The minimum Gasteiger partial charge on any atom is -0.463 e. The van der Waals surface area contributed by atoms with Crippen molar-refractivity contribution in [2.75, 3.05) is 13.7 Å². The van der Waals surface area contributed by atoms with E-state index in [1.807, 2.05) is 6.92 Å². The average Bonchev–Trinajstić information content (AvgIpc) is 2.81. The summed E-state index contributed by atoms with van der Waals surface area (Å²) in [6.45, 7) is 3.16. The third-order valence-corrected chi connectivity index (χ3v) is 2.56. The van der Waals surface area contributed by atoms with Crippen LogP contribution in [0.25, 0.3) is 0 Å². The van der Waals surface area contributed by atoms with Gasteiger partial charge in [-0.05, 0) is 25.5 Å². The van der Waals surface area contributed by atoms with Crippen LogP contribution in [0, 0.1) is 0 Å². The molecule has 5 nitrogen and oxygen atoms in total. The number of carbonyl (C=O) groups excluding carboxylic acids is 1. The van der Waals surface area contributed by atoms with Gasteiger partial charge in [0.1, 0.15) is 0 Å². The fourth-order valence-corrected chi connectivity index (χ4v) is 1.44. The van der Waals surface area contributed by atoms with Crippen molar-refractivity contribution in [2.24, 2.45) is 0 Å². The number of carbonyl (C=O) groups is 1. The van der Waals surface area contributed by atoms with E-state index in [4.69, 9.17) is 4.42 Å². The van der Waals surface area contributed by atoms with Crippen molar-refractivity contribution in [2.45, 2.75) is 32.4 Å². The Balaban J connectivity index is 2.37. The van der Waals surface area contributed by atoms with E-state index in [9.17, 15) is 9.90 Å². The summed E-state index contributed by atoms with van der Waals surface area (Å²) >= 11 is 0. The number of hydrogen-bond donors (Lipinski definition) is 2. The van der Waals surface area contributed by atoms with Gasteiger partial charge in [0.05, 0.1) is 19.5 Å². The molecule has 0 fully saturated rings. The quantitative estimate of drug-likeness (QED) is 0.556. The Labute approximate surface area is 101 Å². The Hall–Kier alpha value is -1.33. The molecule has 0 aliphatic heterocycles. The lowest BCUT2D eigenvalue weighted by Gasteiger charge is -2.08. The number of hydrogen-bond acceptors (Lipinski definition) is 5. The number of furan rings is 1. The largest absolute Gasteiger partial charge is 0.463 e. The number of esters is 1. The van der Waals surface area contributed by atoms with E-state index >= 15 is 0 Å². The molecule has 2 N–H and O–H groups in total. The molecule has 1 aromatic rings. The third-order valence-electron chi connectivity index (χ3n) is 2.56. The van der Waals surface area contributed by atoms with Crippen LogP contribution in [0.4, 0.5) is 0 Å². The predicted molar refractivity (Wildman–Crippen MR) is 62.7 cm³/mol. The monoisotopic (exact) mass is 241 g/mol. The fraction of sp³-hybridized carbons (Fsp3) is 0.583. The highest BCUT2D eigenvalue weighted by Gasteiger charge is 2.15. The van der Waals surface area contributed by atoms with E-state index in [0.717, 1.165) is 12.0 Å². The molecule has 0 aliphatic rings. The van der Waals surface area contributed by atoms with Gasteiger partial charge in [0.2, 0.25) is 5.76 Å². The molecule has 5 heteroatoms. The summed E-state index contributed by atoms with van der Waals surface area (Å²) < 4.78 is 9.65. The van der Waals surface area contributed by atoms with Crippen LogP contribution in [0.15, 0.2) is 16.7 Å². The molecule has 96 valence electrons. The van der Waals surface area contributed by atoms with E-state index in [2.05, 4.69) is 10.1 Å². The standard InChI is InChI=1S/C12H19NO4/c1-3-10(14)4-6-13-8-9-5-7-17-11(9)12(15)16-2/h5,7,10,13-14H,3-4,6,8H2,1-2H3. The highest BCUT2D eigenvalue weighted by molar-refractivity contribution is 5.87. The van der Waals surface area contributed by atoms with Gasteiger partial charge >= 0.3 is 5.97 Å². The smallest absolute Gasteiger partial charge is 0.374 e. The van der Waals surface area contributed by atoms with Crippen LogP contribution in [0.3, 0.4) is 0 Å². The van der Waals surface area contributed by atoms with Crippen molar-refractivity contribution in [1.82, 2.24) is 5.32 Å². The summed E-state index contributed by atoms with van der Waals surface area (Å²) in [4.78, 5) is 11.3. The Bertz CT molecular complexity index is 348. The molecule has 0 aliphatic carbocycles. The van der Waals surface area contributed by atoms with Crippen molar-refractivity contribution in [3.05, 3.63) is 23.7 Å². The van der Waals surface area contributed by atoms with Crippen molar-refractivity contribution in [3.63, 3.8) is 0 Å². The highest BCUT2D eigenvalue weighted by Crippen LogP contribution is 2.11. The molecule has 0 aromatic carbocycles. The molecule has 0 saturated carbocycles. The van der Waals surface area contributed by atoms with Crippen molar-refractivity contribution in [3.8, 4) is 0 Å². The number of rotatable bonds is 7. The molecular formula is C12H19NO4. The SMILES string of the molecule is CCC(O)CCNCc1ccoc1C(=O)OC. The zero-order chi connectivity index (χ0) is 12.7. The van der Waals surface area contributed by atoms with E-state index in [1.165, 1.54) is 13.4 Å². The molecule has 17 heavy (non-hydrogen) atoms. The van der Waals surface area contributed by atoms with E-state index < -0.39 is 5.97 Å². The first-order chi connectivity index (χ1) is 8.19. The topological polar surface area (TPSA) is 71.7 Å². The number of methoxy groups -OCH3 is 1. The molecule has 0 amide bonds. The maximum atomic E-state index is 11.3. The number of aliphatic hydroxyl groups excluding tert-OH is 1. The molecule has 1 aromatic heterocycles. The maximum Gasteiger partial charge on any atom is 0.374 e. The molecule has 1 rings (SSSR count). The van der Waals surface area contributed by atoms with Crippen LogP contribution in [0.2, 0.25) is 0 Å². The van der Waals surface area contributed by atoms with E-state index in [-0.39, 0.29) is 11.9 Å². The Kier molecular flexibility index (Phi) is 5.72. The van der Waals surface area contributed by atoms with Crippen molar-refractivity contribution < 1.29 is 19.1 Å². The van der Waals surface area contributed by atoms with Gasteiger partial charge in [-0.25, -0.2) is 4.79 Å². The summed E-state index contributed by atoms with van der Waals surface area (Å²) in [6.07, 6.45) is 2.64.